The highest BCUT2D eigenvalue weighted by Gasteiger charge is 2.24. The molecule has 1 rings (SSSR count). The van der Waals surface area contributed by atoms with E-state index in [1.165, 1.54) is 0 Å². The Morgan fingerprint density at radius 1 is 1.44 bits per heavy atom. The number of carbonyl (C=O) groups is 1. The first-order chi connectivity index (χ1) is 7.65. The Labute approximate surface area is 99.1 Å². The van der Waals surface area contributed by atoms with Gasteiger partial charge in [-0.2, -0.15) is 0 Å². The van der Waals surface area contributed by atoms with Crippen LogP contribution in [0.25, 0.3) is 0 Å². The lowest BCUT2D eigenvalue weighted by Gasteiger charge is -2.27. The molecule has 16 heavy (non-hydrogen) atoms. The van der Waals surface area contributed by atoms with Crippen LogP contribution >= 0.6 is 0 Å². The van der Waals surface area contributed by atoms with Gasteiger partial charge in [-0.1, -0.05) is 0 Å². The summed E-state index contributed by atoms with van der Waals surface area (Å²) in [4.78, 5) is 13.9. The molecule has 0 saturated heterocycles. The van der Waals surface area contributed by atoms with Crippen molar-refractivity contribution in [2.45, 2.75) is 45.6 Å². The molecule has 0 bridgehead atoms. The van der Waals surface area contributed by atoms with Crippen molar-refractivity contribution in [1.82, 2.24) is 4.90 Å². The lowest BCUT2D eigenvalue weighted by Crippen LogP contribution is -2.35. The lowest BCUT2D eigenvalue weighted by atomic mass is 10.0. The molecule has 0 N–H and O–H groups in total. The van der Waals surface area contributed by atoms with E-state index in [4.69, 9.17) is 4.74 Å². The third kappa shape index (κ3) is 4.22. The number of ketones is 1. The van der Waals surface area contributed by atoms with E-state index in [1.54, 1.807) is 7.11 Å². The highest BCUT2D eigenvalue weighted by molar-refractivity contribution is 5.82. The molecule has 0 radical (unpaired) electrons. The second-order valence-electron chi connectivity index (χ2n) is 4.97. The third-order valence-corrected chi connectivity index (χ3v) is 3.51. The molecule has 1 atom stereocenters. The number of carbonyl (C=O) groups excluding carboxylic acids is 1. The number of hydrogen-bond acceptors (Lipinski definition) is 3. The number of nitrogens with zero attached hydrogens (tertiary/aromatic N) is 1. The first kappa shape index (κ1) is 13.7. The summed E-state index contributed by atoms with van der Waals surface area (Å²) in [5.74, 6) is 0.819. The van der Waals surface area contributed by atoms with Crippen molar-refractivity contribution in [3.63, 3.8) is 0 Å². The van der Waals surface area contributed by atoms with E-state index in [-0.39, 0.29) is 0 Å². The highest BCUT2D eigenvalue weighted by atomic mass is 16.5. The third-order valence-electron chi connectivity index (χ3n) is 3.51. The number of hydrogen-bond donors (Lipinski definition) is 0. The standard InChI is InChI=1S/C13H25NO2/c1-11(2)14(9-10-16-3)8-7-12-5-4-6-13(12)15/h11-12H,4-10H2,1-3H3. The van der Waals surface area contributed by atoms with Gasteiger partial charge in [0.1, 0.15) is 5.78 Å². The summed E-state index contributed by atoms with van der Waals surface area (Å²) in [6, 6.07) is 0.534. The van der Waals surface area contributed by atoms with Gasteiger partial charge in [-0.25, -0.2) is 0 Å². The molecule has 0 heterocycles. The van der Waals surface area contributed by atoms with Crippen LogP contribution < -0.4 is 0 Å². The van der Waals surface area contributed by atoms with Gasteiger partial charge >= 0.3 is 0 Å². The quantitative estimate of drug-likeness (QED) is 0.667. The Kier molecular flexibility index (Phi) is 5.99. The van der Waals surface area contributed by atoms with Gasteiger partial charge in [0, 0.05) is 32.0 Å². The van der Waals surface area contributed by atoms with Crippen molar-refractivity contribution in [3.05, 3.63) is 0 Å². The van der Waals surface area contributed by atoms with Gasteiger partial charge in [0.15, 0.2) is 0 Å². The molecule has 3 heteroatoms. The predicted octanol–water partition coefficient (Wildman–Crippen LogP) is 2.10. The van der Waals surface area contributed by atoms with E-state index < -0.39 is 0 Å². The van der Waals surface area contributed by atoms with Crippen LogP contribution in [0.4, 0.5) is 0 Å². The van der Waals surface area contributed by atoms with Crippen LogP contribution in [0.2, 0.25) is 0 Å². The van der Waals surface area contributed by atoms with Crippen LogP contribution in [0.3, 0.4) is 0 Å². The van der Waals surface area contributed by atoms with E-state index in [1.807, 2.05) is 0 Å². The molecule has 3 nitrogen and oxygen atoms in total. The summed E-state index contributed by atoms with van der Waals surface area (Å²) in [6.07, 6.45) is 4.05. The Hall–Kier alpha value is -0.410. The minimum Gasteiger partial charge on any atom is -0.383 e. The summed E-state index contributed by atoms with van der Waals surface area (Å²) in [7, 11) is 1.74. The smallest absolute Gasteiger partial charge is 0.136 e. The van der Waals surface area contributed by atoms with Crippen molar-refractivity contribution >= 4 is 5.78 Å². The zero-order chi connectivity index (χ0) is 12.0. The number of methoxy groups -OCH3 is 1. The molecule has 0 aliphatic heterocycles. The van der Waals surface area contributed by atoms with Crippen molar-refractivity contribution in [3.8, 4) is 0 Å². The van der Waals surface area contributed by atoms with E-state index in [2.05, 4.69) is 18.7 Å². The molecule has 0 aromatic heterocycles. The Morgan fingerprint density at radius 3 is 2.69 bits per heavy atom. The fourth-order valence-corrected chi connectivity index (χ4v) is 2.35. The molecule has 94 valence electrons. The zero-order valence-corrected chi connectivity index (χ0v) is 10.9. The minimum absolute atomic E-state index is 0.337. The molecule has 1 fully saturated rings. The van der Waals surface area contributed by atoms with Crippen LogP contribution in [-0.2, 0) is 9.53 Å². The lowest BCUT2D eigenvalue weighted by molar-refractivity contribution is -0.120. The van der Waals surface area contributed by atoms with Gasteiger partial charge in [0.2, 0.25) is 0 Å². The monoisotopic (exact) mass is 227 g/mol. The normalized spacial score (nSPS) is 21.3. The maximum Gasteiger partial charge on any atom is 0.136 e. The van der Waals surface area contributed by atoms with Crippen molar-refractivity contribution < 1.29 is 9.53 Å². The zero-order valence-electron chi connectivity index (χ0n) is 10.9. The molecule has 1 aliphatic rings. The van der Waals surface area contributed by atoms with Gasteiger partial charge in [-0.15, -0.1) is 0 Å². The van der Waals surface area contributed by atoms with Gasteiger partial charge in [-0.05, 0) is 39.7 Å². The van der Waals surface area contributed by atoms with Crippen LogP contribution in [0, 0.1) is 5.92 Å². The largest absolute Gasteiger partial charge is 0.383 e. The van der Waals surface area contributed by atoms with Crippen molar-refractivity contribution in [1.29, 1.82) is 0 Å². The second kappa shape index (κ2) is 7.02. The van der Waals surface area contributed by atoms with Crippen LogP contribution in [0.15, 0.2) is 0 Å². The maximum absolute atomic E-state index is 11.5. The Morgan fingerprint density at radius 2 is 2.19 bits per heavy atom. The average Bonchev–Trinajstić information content (AvgIpc) is 2.64. The van der Waals surface area contributed by atoms with E-state index in [0.717, 1.165) is 45.4 Å². The SMILES string of the molecule is COCCN(CCC1CCCC1=O)C(C)C. The molecular weight excluding hydrogens is 202 g/mol. The summed E-state index contributed by atoms with van der Waals surface area (Å²) in [5, 5.41) is 0. The summed E-state index contributed by atoms with van der Waals surface area (Å²) in [6.45, 7) is 7.17. The first-order valence-electron chi connectivity index (χ1n) is 6.41. The number of ether oxygens (including phenoxy) is 1. The Bertz CT molecular complexity index is 216. The predicted molar refractivity (Wildman–Crippen MR) is 65.6 cm³/mol. The highest BCUT2D eigenvalue weighted by Crippen LogP contribution is 2.24. The van der Waals surface area contributed by atoms with E-state index in [0.29, 0.717) is 17.7 Å². The molecule has 1 aliphatic carbocycles. The van der Waals surface area contributed by atoms with E-state index >= 15 is 0 Å². The molecular formula is C13H25NO2. The van der Waals surface area contributed by atoms with Crippen LogP contribution in [0.1, 0.15) is 39.5 Å². The summed E-state index contributed by atoms with van der Waals surface area (Å²) in [5.41, 5.74) is 0. The fourth-order valence-electron chi connectivity index (χ4n) is 2.35. The average molecular weight is 227 g/mol. The molecule has 1 saturated carbocycles. The van der Waals surface area contributed by atoms with Crippen LogP contribution in [0.5, 0.6) is 0 Å². The molecule has 0 aromatic rings. The van der Waals surface area contributed by atoms with Crippen molar-refractivity contribution in [2.75, 3.05) is 26.8 Å². The Balaban J connectivity index is 2.28. The van der Waals surface area contributed by atoms with Gasteiger partial charge in [0.05, 0.1) is 6.61 Å². The summed E-state index contributed by atoms with van der Waals surface area (Å²) < 4.78 is 5.11. The minimum atomic E-state index is 0.337. The molecule has 0 amide bonds. The van der Waals surface area contributed by atoms with Gasteiger partial charge < -0.3 is 4.74 Å². The van der Waals surface area contributed by atoms with Gasteiger partial charge in [0.25, 0.3) is 0 Å². The molecule has 0 spiro atoms. The van der Waals surface area contributed by atoms with Crippen LogP contribution in [-0.4, -0.2) is 43.5 Å². The summed E-state index contributed by atoms with van der Waals surface area (Å²) >= 11 is 0. The maximum atomic E-state index is 11.5. The topological polar surface area (TPSA) is 29.5 Å². The number of rotatable bonds is 7. The van der Waals surface area contributed by atoms with E-state index in [9.17, 15) is 4.79 Å². The molecule has 0 aromatic carbocycles. The van der Waals surface area contributed by atoms with Gasteiger partial charge in [-0.3, -0.25) is 9.69 Å². The van der Waals surface area contributed by atoms with Crippen molar-refractivity contribution in [2.24, 2.45) is 5.92 Å². The number of Topliss-reactive ketones (excluding diaryl/α,β-unsaturated/α-hetero) is 1. The fraction of sp³-hybridized carbons (Fsp3) is 0.923. The molecule has 1 unspecified atom stereocenters. The second-order valence-corrected chi connectivity index (χ2v) is 4.97. The first-order valence-corrected chi connectivity index (χ1v) is 6.41.